The second-order valence-electron chi connectivity index (χ2n) is 8.01. The van der Waals surface area contributed by atoms with Gasteiger partial charge in [-0.25, -0.2) is 0 Å². The molecule has 1 heterocycles. The second kappa shape index (κ2) is 10.5. The van der Waals surface area contributed by atoms with Crippen molar-refractivity contribution in [1.29, 1.82) is 0 Å². The van der Waals surface area contributed by atoms with E-state index in [0.717, 1.165) is 19.3 Å². The maximum atomic E-state index is 9.80. The van der Waals surface area contributed by atoms with E-state index in [1.165, 1.54) is 72.3 Å². The summed E-state index contributed by atoms with van der Waals surface area (Å²) in [5, 5.41) is 12.4. The van der Waals surface area contributed by atoms with Crippen molar-refractivity contribution in [1.82, 2.24) is 4.98 Å². The van der Waals surface area contributed by atoms with E-state index in [0.29, 0.717) is 12.5 Å². The number of unbranched alkanes of at least 4 members (excludes halogenated alkanes) is 6. The summed E-state index contributed by atoms with van der Waals surface area (Å²) in [7, 11) is 0. The number of aromatic amines is 1. The molecule has 1 aromatic heterocycles. The van der Waals surface area contributed by atoms with Crippen molar-refractivity contribution >= 4 is 21.8 Å². The zero-order valence-electron chi connectivity index (χ0n) is 16.8. The highest BCUT2D eigenvalue weighted by Gasteiger charge is 2.11. The lowest BCUT2D eigenvalue weighted by atomic mass is 9.93. The highest BCUT2D eigenvalue weighted by molar-refractivity contribution is 6.08. The first-order valence-corrected chi connectivity index (χ1v) is 10.9. The number of H-pyrrole nitrogens is 1. The molecule has 1 atom stereocenters. The Morgan fingerprint density at radius 1 is 0.815 bits per heavy atom. The molecule has 0 bridgehead atoms. The number of benzene rings is 2. The minimum Gasteiger partial charge on any atom is -0.396 e. The van der Waals surface area contributed by atoms with Gasteiger partial charge in [-0.15, -0.1) is 0 Å². The first-order valence-electron chi connectivity index (χ1n) is 10.9. The Kier molecular flexibility index (Phi) is 7.77. The third-order valence-corrected chi connectivity index (χ3v) is 5.92. The van der Waals surface area contributed by atoms with Crippen molar-refractivity contribution in [3.05, 3.63) is 48.0 Å². The normalized spacial score (nSPS) is 12.8. The molecule has 27 heavy (non-hydrogen) atoms. The van der Waals surface area contributed by atoms with Gasteiger partial charge in [0.05, 0.1) is 0 Å². The topological polar surface area (TPSA) is 36.0 Å². The average molecular weight is 366 g/mol. The molecule has 0 saturated carbocycles. The Balaban J connectivity index is 1.52. The number of para-hydroxylation sites is 2. The molecule has 0 aliphatic carbocycles. The smallest absolute Gasteiger partial charge is 0.0497 e. The van der Waals surface area contributed by atoms with Crippen LogP contribution in [0.1, 0.15) is 70.3 Å². The Bertz CT molecular complexity index is 819. The summed E-state index contributed by atoms with van der Waals surface area (Å²) < 4.78 is 0. The van der Waals surface area contributed by atoms with Gasteiger partial charge in [-0.3, -0.25) is 0 Å². The third kappa shape index (κ3) is 5.35. The summed E-state index contributed by atoms with van der Waals surface area (Å²) in [4.78, 5) is 3.60. The SMILES string of the molecule is CCCCCCCCCC(CO)CCc1cccc2c1[nH]c1ccccc12. The summed E-state index contributed by atoms with van der Waals surface area (Å²) in [6.45, 7) is 2.58. The van der Waals surface area contributed by atoms with Gasteiger partial charge < -0.3 is 10.1 Å². The van der Waals surface area contributed by atoms with E-state index in [9.17, 15) is 5.11 Å². The van der Waals surface area contributed by atoms with Crippen LogP contribution >= 0.6 is 0 Å². The summed E-state index contributed by atoms with van der Waals surface area (Å²) in [5.41, 5.74) is 3.86. The van der Waals surface area contributed by atoms with Crippen LogP contribution in [0.2, 0.25) is 0 Å². The van der Waals surface area contributed by atoms with Crippen LogP contribution in [0.5, 0.6) is 0 Å². The molecule has 0 amide bonds. The summed E-state index contributed by atoms with van der Waals surface area (Å²) in [6.07, 6.45) is 12.6. The van der Waals surface area contributed by atoms with Crippen LogP contribution < -0.4 is 0 Å². The fourth-order valence-corrected chi connectivity index (χ4v) is 4.22. The van der Waals surface area contributed by atoms with Crippen LogP contribution in [-0.2, 0) is 6.42 Å². The van der Waals surface area contributed by atoms with Crippen molar-refractivity contribution in [3.63, 3.8) is 0 Å². The van der Waals surface area contributed by atoms with E-state index < -0.39 is 0 Å². The van der Waals surface area contributed by atoms with Crippen molar-refractivity contribution < 1.29 is 5.11 Å². The van der Waals surface area contributed by atoms with Crippen LogP contribution in [0.15, 0.2) is 42.5 Å². The number of aromatic nitrogens is 1. The minimum atomic E-state index is 0.318. The number of nitrogens with one attached hydrogen (secondary N) is 1. The Morgan fingerprint density at radius 3 is 2.37 bits per heavy atom. The molecule has 0 aliphatic rings. The van der Waals surface area contributed by atoms with E-state index >= 15 is 0 Å². The maximum absolute atomic E-state index is 9.80. The first-order chi connectivity index (χ1) is 13.3. The number of fused-ring (bicyclic) bond motifs is 3. The third-order valence-electron chi connectivity index (χ3n) is 5.92. The number of rotatable bonds is 12. The molecule has 1 unspecified atom stereocenters. The van der Waals surface area contributed by atoms with Crippen LogP contribution in [-0.4, -0.2) is 16.7 Å². The van der Waals surface area contributed by atoms with Crippen LogP contribution in [0.3, 0.4) is 0 Å². The minimum absolute atomic E-state index is 0.318. The molecule has 0 radical (unpaired) electrons. The molecule has 2 heteroatoms. The Hall–Kier alpha value is -1.80. The van der Waals surface area contributed by atoms with Gasteiger partial charge >= 0.3 is 0 Å². The molecule has 0 spiro atoms. The predicted molar refractivity (Wildman–Crippen MR) is 117 cm³/mol. The molecule has 0 aliphatic heterocycles. The average Bonchev–Trinajstić information content (AvgIpc) is 3.09. The lowest BCUT2D eigenvalue weighted by Gasteiger charge is -2.14. The molecule has 3 aromatic rings. The first kappa shape index (κ1) is 19.9. The molecular weight excluding hydrogens is 330 g/mol. The van der Waals surface area contributed by atoms with Gasteiger partial charge in [0.2, 0.25) is 0 Å². The van der Waals surface area contributed by atoms with Gasteiger partial charge in [-0.2, -0.15) is 0 Å². The molecule has 146 valence electrons. The molecular formula is C25H35NO. The van der Waals surface area contributed by atoms with Gasteiger partial charge in [0.25, 0.3) is 0 Å². The van der Waals surface area contributed by atoms with Crippen molar-refractivity contribution in [2.75, 3.05) is 6.61 Å². The van der Waals surface area contributed by atoms with Crippen LogP contribution in [0.4, 0.5) is 0 Å². The molecule has 0 saturated heterocycles. The molecule has 3 rings (SSSR count). The van der Waals surface area contributed by atoms with Crippen molar-refractivity contribution in [2.24, 2.45) is 5.92 Å². The monoisotopic (exact) mass is 365 g/mol. The van der Waals surface area contributed by atoms with Gasteiger partial charge in [-0.1, -0.05) is 88.3 Å². The Labute approximate surface area is 164 Å². The van der Waals surface area contributed by atoms with Gasteiger partial charge in [-0.05, 0) is 36.8 Å². The van der Waals surface area contributed by atoms with E-state index in [-0.39, 0.29) is 0 Å². The highest BCUT2D eigenvalue weighted by atomic mass is 16.3. The number of aryl methyl sites for hydroxylation is 1. The standard InChI is InChI=1S/C25H35NO/c1-2-3-4-5-6-7-8-12-20(19-27)17-18-21-13-11-15-23-22-14-9-10-16-24(22)26-25(21)23/h9-11,13-16,20,26-27H,2-8,12,17-19H2,1H3. The molecule has 0 fully saturated rings. The van der Waals surface area contributed by atoms with Crippen LogP contribution in [0, 0.1) is 5.92 Å². The largest absolute Gasteiger partial charge is 0.396 e. The zero-order valence-corrected chi connectivity index (χ0v) is 16.8. The lowest BCUT2D eigenvalue weighted by Crippen LogP contribution is -2.07. The lowest BCUT2D eigenvalue weighted by molar-refractivity contribution is 0.207. The summed E-state index contributed by atoms with van der Waals surface area (Å²) >= 11 is 0. The van der Waals surface area contributed by atoms with E-state index in [4.69, 9.17) is 0 Å². The van der Waals surface area contributed by atoms with Crippen LogP contribution in [0.25, 0.3) is 21.8 Å². The van der Waals surface area contributed by atoms with Gasteiger partial charge in [0.1, 0.15) is 0 Å². The number of hydrogen-bond acceptors (Lipinski definition) is 1. The highest BCUT2D eigenvalue weighted by Crippen LogP contribution is 2.29. The molecule has 2 aromatic carbocycles. The van der Waals surface area contributed by atoms with Crippen molar-refractivity contribution in [2.45, 2.75) is 71.1 Å². The van der Waals surface area contributed by atoms with Gasteiger partial charge in [0.15, 0.2) is 0 Å². The number of aliphatic hydroxyl groups excluding tert-OH is 1. The second-order valence-corrected chi connectivity index (χ2v) is 8.01. The number of hydrogen-bond donors (Lipinski definition) is 2. The molecule has 2 N–H and O–H groups in total. The summed E-state index contributed by atoms with van der Waals surface area (Å²) in [6, 6.07) is 15.1. The zero-order chi connectivity index (χ0) is 18.9. The predicted octanol–water partition coefficient (Wildman–Crippen LogP) is 7.00. The fourth-order valence-electron chi connectivity index (χ4n) is 4.22. The maximum Gasteiger partial charge on any atom is 0.0497 e. The summed E-state index contributed by atoms with van der Waals surface area (Å²) in [5.74, 6) is 0.431. The number of aliphatic hydroxyl groups is 1. The fraction of sp³-hybridized carbons (Fsp3) is 0.520. The molecule has 2 nitrogen and oxygen atoms in total. The quantitative estimate of drug-likeness (QED) is 0.333. The van der Waals surface area contributed by atoms with E-state index in [2.05, 4.69) is 54.4 Å². The van der Waals surface area contributed by atoms with Crippen molar-refractivity contribution in [3.8, 4) is 0 Å². The Morgan fingerprint density at radius 2 is 1.56 bits per heavy atom. The van der Waals surface area contributed by atoms with E-state index in [1.807, 2.05) is 0 Å². The van der Waals surface area contributed by atoms with Gasteiger partial charge in [0, 0.05) is 28.4 Å². The van der Waals surface area contributed by atoms with E-state index in [1.54, 1.807) is 0 Å².